The van der Waals surface area contributed by atoms with Crippen molar-refractivity contribution in [3.8, 4) is 17.6 Å². The summed E-state index contributed by atoms with van der Waals surface area (Å²) in [6, 6.07) is 16.9. The molecule has 0 saturated heterocycles. The minimum Gasteiger partial charge on any atom is -0.494 e. The molecule has 1 heteroatoms. The van der Waals surface area contributed by atoms with E-state index in [9.17, 15) is 0 Å². The molecule has 0 aromatic heterocycles. The van der Waals surface area contributed by atoms with E-state index in [1.165, 1.54) is 69.8 Å². The van der Waals surface area contributed by atoms with Gasteiger partial charge in [0.15, 0.2) is 0 Å². The van der Waals surface area contributed by atoms with Gasteiger partial charge in [-0.2, -0.15) is 0 Å². The van der Waals surface area contributed by atoms with Crippen LogP contribution in [-0.2, 0) is 6.42 Å². The van der Waals surface area contributed by atoms with Crippen LogP contribution in [-0.4, -0.2) is 6.61 Å². The van der Waals surface area contributed by atoms with E-state index >= 15 is 0 Å². The van der Waals surface area contributed by atoms with Crippen LogP contribution in [0.2, 0.25) is 0 Å². The van der Waals surface area contributed by atoms with Crippen molar-refractivity contribution in [2.24, 2.45) is 5.92 Å². The molecule has 0 aliphatic rings. The smallest absolute Gasteiger partial charge is 0.119 e. The van der Waals surface area contributed by atoms with Crippen LogP contribution in [0.3, 0.4) is 0 Å². The third kappa shape index (κ3) is 11.7. The van der Waals surface area contributed by atoms with Crippen molar-refractivity contribution in [3.63, 3.8) is 0 Å². The predicted molar refractivity (Wildman–Crippen MR) is 135 cm³/mol. The van der Waals surface area contributed by atoms with Gasteiger partial charge in [-0.05, 0) is 67.1 Å². The van der Waals surface area contributed by atoms with Crippen LogP contribution in [0.25, 0.3) is 0 Å². The van der Waals surface area contributed by atoms with Gasteiger partial charge in [-0.25, -0.2) is 0 Å². The van der Waals surface area contributed by atoms with Crippen LogP contribution in [0.15, 0.2) is 48.5 Å². The second-order valence-electron chi connectivity index (χ2n) is 9.08. The average molecular weight is 419 g/mol. The van der Waals surface area contributed by atoms with Gasteiger partial charge in [0, 0.05) is 11.1 Å². The Balaban J connectivity index is 1.69. The van der Waals surface area contributed by atoms with Gasteiger partial charge in [0.2, 0.25) is 0 Å². The highest BCUT2D eigenvalue weighted by Crippen LogP contribution is 2.14. The molecular weight excluding hydrogens is 376 g/mol. The van der Waals surface area contributed by atoms with E-state index in [-0.39, 0.29) is 0 Å². The number of benzene rings is 2. The van der Waals surface area contributed by atoms with Gasteiger partial charge in [-0.1, -0.05) is 96.1 Å². The molecule has 0 spiro atoms. The Hall–Kier alpha value is -2.20. The van der Waals surface area contributed by atoms with Crippen LogP contribution in [0.5, 0.6) is 5.75 Å². The molecule has 0 unspecified atom stereocenters. The highest BCUT2D eigenvalue weighted by Gasteiger charge is 1.98. The summed E-state index contributed by atoms with van der Waals surface area (Å²) >= 11 is 0. The van der Waals surface area contributed by atoms with E-state index in [2.05, 4.69) is 69.0 Å². The van der Waals surface area contributed by atoms with Crippen molar-refractivity contribution in [2.45, 2.75) is 91.4 Å². The first-order chi connectivity index (χ1) is 15.2. The van der Waals surface area contributed by atoms with Gasteiger partial charge >= 0.3 is 0 Å². The van der Waals surface area contributed by atoms with Crippen molar-refractivity contribution in [2.75, 3.05) is 6.61 Å². The molecule has 0 amide bonds. The van der Waals surface area contributed by atoms with Crippen LogP contribution in [0.1, 0.15) is 102 Å². The van der Waals surface area contributed by atoms with Crippen molar-refractivity contribution < 1.29 is 4.74 Å². The Morgan fingerprint density at radius 1 is 0.677 bits per heavy atom. The molecule has 0 heterocycles. The van der Waals surface area contributed by atoms with Gasteiger partial charge in [-0.15, -0.1) is 0 Å². The third-order valence-corrected chi connectivity index (χ3v) is 5.67. The highest BCUT2D eigenvalue weighted by atomic mass is 16.5. The zero-order valence-corrected chi connectivity index (χ0v) is 20.1. The maximum Gasteiger partial charge on any atom is 0.119 e. The average Bonchev–Trinajstić information content (AvgIpc) is 2.78. The second kappa shape index (κ2) is 15.6. The molecular formula is C30H42O. The fourth-order valence-corrected chi connectivity index (χ4v) is 3.66. The summed E-state index contributed by atoms with van der Waals surface area (Å²) < 4.78 is 5.85. The topological polar surface area (TPSA) is 9.23 Å². The third-order valence-electron chi connectivity index (χ3n) is 5.67. The summed E-state index contributed by atoms with van der Waals surface area (Å²) in [7, 11) is 0. The lowest BCUT2D eigenvalue weighted by Gasteiger charge is -2.06. The summed E-state index contributed by atoms with van der Waals surface area (Å²) in [5.74, 6) is 8.32. The fourth-order valence-electron chi connectivity index (χ4n) is 3.66. The lowest BCUT2D eigenvalue weighted by atomic mass is 10.0. The Morgan fingerprint density at radius 3 is 1.90 bits per heavy atom. The Bertz CT molecular complexity index is 759. The van der Waals surface area contributed by atoms with Gasteiger partial charge < -0.3 is 4.74 Å². The maximum absolute atomic E-state index is 5.85. The number of aryl methyl sites for hydroxylation is 1. The van der Waals surface area contributed by atoms with Crippen molar-refractivity contribution in [1.82, 2.24) is 0 Å². The van der Waals surface area contributed by atoms with E-state index in [1.54, 1.807) is 0 Å². The van der Waals surface area contributed by atoms with Gasteiger partial charge in [0.05, 0.1) is 6.61 Å². The van der Waals surface area contributed by atoms with Crippen LogP contribution >= 0.6 is 0 Å². The van der Waals surface area contributed by atoms with Crippen molar-refractivity contribution >= 4 is 0 Å². The van der Waals surface area contributed by atoms with Gasteiger partial charge in [0.25, 0.3) is 0 Å². The highest BCUT2D eigenvalue weighted by molar-refractivity contribution is 5.44. The molecule has 0 N–H and O–H groups in total. The standard InChI is InChI=1S/C30H42O/c1-4-5-6-7-8-12-25-31-30-23-21-29(22-24-30)20-19-28-17-15-27(16-18-28)14-11-9-10-13-26(2)3/h15-18,21-24,26H,4-14,25H2,1-3H3. The normalized spacial score (nSPS) is 10.7. The quantitative estimate of drug-likeness (QED) is 0.220. The van der Waals surface area contributed by atoms with Crippen LogP contribution in [0.4, 0.5) is 0 Å². The molecule has 0 radical (unpaired) electrons. The Kier molecular flexibility index (Phi) is 12.6. The van der Waals surface area contributed by atoms with Gasteiger partial charge in [0.1, 0.15) is 5.75 Å². The lowest BCUT2D eigenvalue weighted by Crippen LogP contribution is -1.97. The minimum absolute atomic E-state index is 0.807. The molecule has 31 heavy (non-hydrogen) atoms. The number of unbranched alkanes of at least 4 members (excludes halogenated alkanes) is 7. The van der Waals surface area contributed by atoms with E-state index < -0.39 is 0 Å². The largest absolute Gasteiger partial charge is 0.494 e. The summed E-state index contributed by atoms with van der Waals surface area (Å²) in [5, 5.41) is 0. The van der Waals surface area contributed by atoms with E-state index in [4.69, 9.17) is 4.74 Å². The fraction of sp³-hybridized carbons (Fsp3) is 0.533. The molecule has 0 aliphatic heterocycles. The number of hydrogen-bond donors (Lipinski definition) is 0. The lowest BCUT2D eigenvalue weighted by molar-refractivity contribution is 0.304. The Labute approximate surface area is 191 Å². The Morgan fingerprint density at radius 2 is 1.26 bits per heavy atom. The molecule has 2 rings (SSSR count). The maximum atomic E-state index is 5.85. The van der Waals surface area contributed by atoms with E-state index in [0.717, 1.165) is 35.8 Å². The molecule has 0 aliphatic carbocycles. The molecule has 1 nitrogen and oxygen atoms in total. The molecule has 0 bridgehead atoms. The minimum atomic E-state index is 0.807. The molecule has 2 aromatic rings. The molecule has 0 atom stereocenters. The van der Waals surface area contributed by atoms with Crippen LogP contribution in [0, 0.1) is 17.8 Å². The molecule has 0 fully saturated rings. The zero-order chi connectivity index (χ0) is 22.2. The summed E-state index contributed by atoms with van der Waals surface area (Å²) in [4.78, 5) is 0. The summed E-state index contributed by atoms with van der Waals surface area (Å²) in [6.07, 6.45) is 14.2. The van der Waals surface area contributed by atoms with E-state index in [0.29, 0.717) is 0 Å². The van der Waals surface area contributed by atoms with E-state index in [1.807, 2.05) is 12.1 Å². The first-order valence-electron chi connectivity index (χ1n) is 12.5. The molecule has 168 valence electrons. The van der Waals surface area contributed by atoms with Crippen molar-refractivity contribution in [3.05, 3.63) is 65.2 Å². The number of ether oxygens (including phenoxy) is 1. The van der Waals surface area contributed by atoms with Crippen molar-refractivity contribution in [1.29, 1.82) is 0 Å². The first kappa shape index (κ1) is 25.1. The van der Waals surface area contributed by atoms with Gasteiger partial charge in [-0.3, -0.25) is 0 Å². The summed E-state index contributed by atoms with van der Waals surface area (Å²) in [5.41, 5.74) is 3.52. The molecule has 2 aromatic carbocycles. The predicted octanol–water partition coefficient (Wildman–Crippen LogP) is 8.58. The molecule has 0 saturated carbocycles. The van der Waals surface area contributed by atoms with Crippen LogP contribution < -0.4 is 4.74 Å². The SMILES string of the molecule is CCCCCCCCOc1ccc(C#Cc2ccc(CCCCCC(C)C)cc2)cc1. The second-order valence-corrected chi connectivity index (χ2v) is 9.08. The zero-order valence-electron chi connectivity index (χ0n) is 20.1. The first-order valence-corrected chi connectivity index (χ1v) is 12.5. The number of rotatable bonds is 14. The summed E-state index contributed by atoms with van der Waals surface area (Å²) in [6.45, 7) is 7.67. The monoisotopic (exact) mass is 418 g/mol. The number of hydrogen-bond acceptors (Lipinski definition) is 1.